The van der Waals surface area contributed by atoms with Crippen LogP contribution in [0.4, 0.5) is 11.4 Å². The molecule has 26 heavy (non-hydrogen) atoms. The lowest BCUT2D eigenvalue weighted by Gasteiger charge is -2.11. The number of carbonyl (C=O) groups is 1. The van der Waals surface area contributed by atoms with Crippen molar-refractivity contribution < 1.29 is 14.3 Å². The van der Waals surface area contributed by atoms with Gasteiger partial charge in [0.25, 0.3) is 5.91 Å². The van der Waals surface area contributed by atoms with Crippen molar-refractivity contribution in [1.82, 2.24) is 10.3 Å². The minimum absolute atomic E-state index is 0.172. The van der Waals surface area contributed by atoms with Gasteiger partial charge in [0.1, 0.15) is 22.9 Å². The monoisotopic (exact) mass is 350 g/mol. The average Bonchev–Trinajstić information content (AvgIpc) is 2.64. The maximum absolute atomic E-state index is 12.0. The summed E-state index contributed by atoms with van der Waals surface area (Å²) in [4.78, 5) is 16.2. The highest BCUT2D eigenvalue weighted by Crippen LogP contribution is 2.28. The molecule has 5 N–H and O–H groups in total. The smallest absolute Gasteiger partial charge is 0.269 e. The van der Waals surface area contributed by atoms with Crippen LogP contribution in [0.15, 0.2) is 60.7 Å². The van der Waals surface area contributed by atoms with Crippen LogP contribution < -0.4 is 26.3 Å². The molecule has 0 saturated carbocycles. The number of pyridine rings is 1. The van der Waals surface area contributed by atoms with Crippen LogP contribution in [0.1, 0.15) is 10.5 Å². The van der Waals surface area contributed by atoms with Crippen LogP contribution in [-0.4, -0.2) is 17.9 Å². The number of benzene rings is 2. The van der Waals surface area contributed by atoms with E-state index in [1.54, 1.807) is 54.6 Å². The van der Waals surface area contributed by atoms with Crippen LogP contribution >= 0.6 is 0 Å². The fourth-order valence-corrected chi connectivity index (χ4v) is 2.17. The molecule has 132 valence electrons. The predicted octanol–water partition coefficient (Wildman–Crippen LogP) is 3.19. The van der Waals surface area contributed by atoms with Crippen LogP contribution in [0.2, 0.25) is 0 Å². The molecule has 3 aromatic rings. The molecule has 1 amide bonds. The molecule has 0 aliphatic carbocycles. The third-order valence-electron chi connectivity index (χ3n) is 3.45. The minimum Gasteiger partial charge on any atom is -0.457 e. The lowest BCUT2D eigenvalue weighted by Crippen LogP contribution is -2.19. The molecule has 0 aliphatic heterocycles. The molecule has 1 heterocycles. The van der Waals surface area contributed by atoms with E-state index < -0.39 is 0 Å². The molecule has 0 spiro atoms. The first-order valence-electron chi connectivity index (χ1n) is 7.84. The largest absolute Gasteiger partial charge is 0.457 e. The minimum atomic E-state index is -0.352. The van der Waals surface area contributed by atoms with E-state index >= 15 is 0 Å². The van der Waals surface area contributed by atoms with Gasteiger partial charge in [-0.05, 0) is 48.5 Å². The number of hydrogen-bond donors (Lipinski definition) is 3. The Kier molecular flexibility index (Phi) is 4.89. The number of carbonyl (C=O) groups excluding carboxylic acids is 1. The Balaban J connectivity index is 1.91. The number of nitrogens with zero attached hydrogens (tertiary/aromatic N) is 1. The average molecular weight is 350 g/mol. The van der Waals surface area contributed by atoms with Gasteiger partial charge in [-0.1, -0.05) is 0 Å². The number of nitrogens with two attached hydrogens (primary N) is 2. The summed E-state index contributed by atoms with van der Waals surface area (Å²) in [6.07, 6.45) is 0. The zero-order valence-electron chi connectivity index (χ0n) is 14.1. The Hall–Kier alpha value is -3.74. The summed E-state index contributed by atoms with van der Waals surface area (Å²) < 4.78 is 11.5. The molecular formula is C19H18N4O3. The van der Waals surface area contributed by atoms with Crippen molar-refractivity contribution in [3.05, 3.63) is 66.4 Å². The third-order valence-corrected chi connectivity index (χ3v) is 3.45. The number of nitrogens with one attached hydrogen (secondary N) is 1. The van der Waals surface area contributed by atoms with Crippen LogP contribution in [0.5, 0.6) is 23.1 Å². The highest BCUT2D eigenvalue weighted by atomic mass is 16.5. The van der Waals surface area contributed by atoms with E-state index in [1.807, 2.05) is 0 Å². The number of amides is 1. The molecule has 0 fully saturated rings. The standard InChI is InChI=1S/C19H18N4O3/c1-22-19(24)17-10-16(25-14-6-2-12(20)3-7-14)11-18(23-17)26-15-8-4-13(21)5-9-15/h2-11H,20-21H2,1H3,(H,22,24). The van der Waals surface area contributed by atoms with Crippen LogP contribution in [0.3, 0.4) is 0 Å². The molecule has 0 atom stereocenters. The van der Waals surface area contributed by atoms with Gasteiger partial charge in [-0.3, -0.25) is 4.79 Å². The van der Waals surface area contributed by atoms with E-state index in [0.29, 0.717) is 28.6 Å². The quantitative estimate of drug-likeness (QED) is 0.609. The lowest BCUT2D eigenvalue weighted by molar-refractivity contribution is 0.0957. The van der Waals surface area contributed by atoms with Gasteiger partial charge in [-0.2, -0.15) is 0 Å². The number of rotatable bonds is 5. The van der Waals surface area contributed by atoms with Crippen molar-refractivity contribution in [3.63, 3.8) is 0 Å². The van der Waals surface area contributed by atoms with Gasteiger partial charge in [-0.15, -0.1) is 0 Å². The summed E-state index contributed by atoms with van der Waals surface area (Å²) in [6.45, 7) is 0. The van der Waals surface area contributed by atoms with Crippen molar-refractivity contribution in [2.45, 2.75) is 0 Å². The van der Waals surface area contributed by atoms with E-state index in [1.165, 1.54) is 13.1 Å². The van der Waals surface area contributed by atoms with Crippen molar-refractivity contribution in [2.24, 2.45) is 0 Å². The second-order valence-electron chi connectivity index (χ2n) is 5.45. The number of aromatic nitrogens is 1. The van der Waals surface area contributed by atoms with Crippen molar-refractivity contribution in [2.75, 3.05) is 18.5 Å². The van der Waals surface area contributed by atoms with Crippen molar-refractivity contribution >= 4 is 17.3 Å². The number of ether oxygens (including phenoxy) is 2. The van der Waals surface area contributed by atoms with Crippen molar-refractivity contribution in [1.29, 1.82) is 0 Å². The van der Waals surface area contributed by atoms with Gasteiger partial charge in [0, 0.05) is 30.6 Å². The van der Waals surface area contributed by atoms with E-state index in [4.69, 9.17) is 20.9 Å². The fourth-order valence-electron chi connectivity index (χ4n) is 2.17. The molecule has 0 radical (unpaired) electrons. The van der Waals surface area contributed by atoms with E-state index in [0.717, 1.165) is 0 Å². The van der Waals surface area contributed by atoms with Gasteiger partial charge >= 0.3 is 0 Å². The molecule has 0 saturated heterocycles. The SMILES string of the molecule is CNC(=O)c1cc(Oc2ccc(N)cc2)cc(Oc2ccc(N)cc2)n1. The van der Waals surface area contributed by atoms with E-state index in [9.17, 15) is 4.79 Å². The zero-order valence-corrected chi connectivity index (χ0v) is 14.1. The van der Waals surface area contributed by atoms with Crippen LogP contribution in [0, 0.1) is 0 Å². The topological polar surface area (TPSA) is 112 Å². The highest BCUT2D eigenvalue weighted by Gasteiger charge is 2.12. The third kappa shape index (κ3) is 4.21. The van der Waals surface area contributed by atoms with Gasteiger partial charge in [0.2, 0.25) is 5.88 Å². The Morgan fingerprint density at radius 3 is 1.92 bits per heavy atom. The predicted molar refractivity (Wildman–Crippen MR) is 99.5 cm³/mol. The molecule has 7 nitrogen and oxygen atoms in total. The normalized spacial score (nSPS) is 10.2. The first-order chi connectivity index (χ1) is 12.5. The first kappa shape index (κ1) is 17.1. The summed E-state index contributed by atoms with van der Waals surface area (Å²) in [6, 6.07) is 16.9. The molecule has 2 aromatic carbocycles. The maximum atomic E-state index is 12.0. The molecule has 0 bridgehead atoms. The molecule has 7 heteroatoms. The van der Waals surface area contributed by atoms with Gasteiger partial charge in [0.15, 0.2) is 0 Å². The Morgan fingerprint density at radius 1 is 0.846 bits per heavy atom. The van der Waals surface area contributed by atoms with Crippen LogP contribution in [-0.2, 0) is 0 Å². The molecule has 1 aromatic heterocycles. The van der Waals surface area contributed by atoms with Crippen molar-refractivity contribution in [3.8, 4) is 23.1 Å². The number of nitrogen functional groups attached to an aromatic ring is 2. The van der Waals surface area contributed by atoms with Gasteiger partial charge in [-0.25, -0.2) is 4.98 Å². The van der Waals surface area contributed by atoms with Gasteiger partial charge < -0.3 is 26.3 Å². The van der Waals surface area contributed by atoms with E-state index in [2.05, 4.69) is 10.3 Å². The highest BCUT2D eigenvalue weighted by molar-refractivity contribution is 5.92. The summed E-state index contributed by atoms with van der Waals surface area (Å²) in [5.41, 5.74) is 12.8. The lowest BCUT2D eigenvalue weighted by atomic mass is 10.3. The first-order valence-corrected chi connectivity index (χ1v) is 7.84. The maximum Gasteiger partial charge on any atom is 0.269 e. The Bertz CT molecular complexity index is 843. The van der Waals surface area contributed by atoms with Gasteiger partial charge in [0.05, 0.1) is 0 Å². The second kappa shape index (κ2) is 7.43. The molecule has 0 unspecified atom stereocenters. The fraction of sp³-hybridized carbons (Fsp3) is 0.0526. The summed E-state index contributed by atoms with van der Waals surface area (Å²) in [7, 11) is 1.53. The van der Waals surface area contributed by atoms with Crippen LogP contribution in [0.25, 0.3) is 0 Å². The van der Waals surface area contributed by atoms with E-state index in [-0.39, 0.29) is 17.5 Å². The zero-order chi connectivity index (χ0) is 18.5. The Labute approximate surface area is 150 Å². The molecule has 3 rings (SSSR count). The number of anilines is 2. The molecular weight excluding hydrogens is 332 g/mol. The summed E-state index contributed by atoms with van der Waals surface area (Å²) in [5, 5.41) is 2.53. The summed E-state index contributed by atoms with van der Waals surface area (Å²) >= 11 is 0. The molecule has 0 aliphatic rings. The summed E-state index contributed by atoms with van der Waals surface area (Å²) in [5.74, 6) is 1.40. The Morgan fingerprint density at radius 2 is 1.38 bits per heavy atom. The number of hydrogen-bond acceptors (Lipinski definition) is 6. The second-order valence-corrected chi connectivity index (χ2v) is 5.45.